The summed E-state index contributed by atoms with van der Waals surface area (Å²) in [7, 11) is 0. The highest BCUT2D eigenvalue weighted by molar-refractivity contribution is 5.94. The zero-order valence-corrected chi connectivity index (χ0v) is 11.3. The first kappa shape index (κ1) is 14.5. The lowest BCUT2D eigenvalue weighted by Crippen LogP contribution is -2.40. The number of nitrogens with zero attached hydrogens (tertiary/aromatic N) is 1. The maximum atomic E-state index is 12.1. The summed E-state index contributed by atoms with van der Waals surface area (Å²) >= 11 is 0. The van der Waals surface area contributed by atoms with Gasteiger partial charge in [0.05, 0.1) is 24.8 Å². The third-order valence-electron chi connectivity index (χ3n) is 2.97. The predicted molar refractivity (Wildman–Crippen MR) is 74.1 cm³/mol. The Morgan fingerprint density at radius 3 is 3.20 bits per heavy atom. The Morgan fingerprint density at radius 1 is 1.55 bits per heavy atom. The minimum Gasteiger partial charge on any atom is -0.395 e. The summed E-state index contributed by atoms with van der Waals surface area (Å²) in [6, 6.07) is 1.77. The molecule has 2 heterocycles. The van der Waals surface area contributed by atoms with Crippen molar-refractivity contribution >= 4 is 5.91 Å². The number of aliphatic hydroxyl groups is 1. The quantitative estimate of drug-likeness (QED) is 0.797. The van der Waals surface area contributed by atoms with E-state index in [-0.39, 0.29) is 18.6 Å². The van der Waals surface area contributed by atoms with E-state index in [0.29, 0.717) is 24.2 Å². The Morgan fingerprint density at radius 2 is 2.45 bits per heavy atom. The van der Waals surface area contributed by atoms with Crippen molar-refractivity contribution < 1.29 is 14.6 Å². The second-order valence-electron chi connectivity index (χ2n) is 4.63. The fourth-order valence-electron chi connectivity index (χ4n) is 1.98. The van der Waals surface area contributed by atoms with Gasteiger partial charge >= 0.3 is 0 Å². The lowest BCUT2D eigenvalue weighted by Gasteiger charge is -2.23. The normalized spacial score (nSPS) is 17.9. The topological polar surface area (TPSA) is 71.5 Å². The minimum atomic E-state index is -0.154. The van der Waals surface area contributed by atoms with Crippen LogP contribution in [0.25, 0.3) is 0 Å². The first-order valence-electron chi connectivity index (χ1n) is 6.73. The van der Waals surface area contributed by atoms with Crippen molar-refractivity contribution in [3.05, 3.63) is 29.6 Å². The van der Waals surface area contributed by atoms with E-state index in [4.69, 9.17) is 9.84 Å². The molecule has 1 aliphatic heterocycles. The number of amides is 1. The van der Waals surface area contributed by atoms with Crippen molar-refractivity contribution in [1.29, 1.82) is 0 Å². The number of hydrogen-bond donors (Lipinski definition) is 2. The zero-order chi connectivity index (χ0) is 14.2. The fourth-order valence-corrected chi connectivity index (χ4v) is 1.98. The van der Waals surface area contributed by atoms with Crippen LogP contribution in [0.2, 0.25) is 0 Å². The molecule has 0 bridgehead atoms. The Hall–Kier alpha value is -1.90. The molecule has 20 heavy (non-hydrogen) atoms. The second-order valence-corrected chi connectivity index (χ2v) is 4.63. The van der Waals surface area contributed by atoms with Crippen molar-refractivity contribution in [1.82, 2.24) is 10.3 Å². The standard InChI is InChI=1S/C15H18N2O3/c18-6-2-1-4-12-8-13(10-16-9-12)15(19)17-14-5-3-7-20-11-14/h8-10,14,18H,2-3,5-7,11H2,(H,17,19). The first-order valence-corrected chi connectivity index (χ1v) is 6.73. The predicted octanol–water partition coefficient (Wildman–Crippen LogP) is 0.724. The van der Waals surface area contributed by atoms with Crippen LogP contribution in [-0.2, 0) is 4.74 Å². The number of aliphatic hydroxyl groups excluding tert-OH is 1. The first-order chi connectivity index (χ1) is 9.79. The van der Waals surface area contributed by atoms with Gasteiger partial charge in [-0.2, -0.15) is 0 Å². The van der Waals surface area contributed by atoms with Gasteiger partial charge < -0.3 is 15.2 Å². The number of hydrogen-bond acceptors (Lipinski definition) is 4. The Labute approximate surface area is 118 Å². The van der Waals surface area contributed by atoms with Gasteiger partial charge in [-0.25, -0.2) is 0 Å². The van der Waals surface area contributed by atoms with E-state index in [9.17, 15) is 4.79 Å². The summed E-state index contributed by atoms with van der Waals surface area (Å²) in [6.45, 7) is 1.36. The molecule has 0 spiro atoms. The van der Waals surface area contributed by atoms with Crippen LogP contribution in [0.15, 0.2) is 18.5 Å². The molecule has 0 saturated carbocycles. The second kappa shape index (κ2) is 7.63. The number of ether oxygens (including phenoxy) is 1. The van der Waals surface area contributed by atoms with E-state index >= 15 is 0 Å². The van der Waals surface area contributed by atoms with Crippen molar-refractivity contribution in [3.8, 4) is 11.8 Å². The maximum absolute atomic E-state index is 12.1. The molecule has 1 atom stereocenters. The summed E-state index contributed by atoms with van der Waals surface area (Å²) in [6.07, 6.45) is 5.45. The Kier molecular flexibility index (Phi) is 5.54. The van der Waals surface area contributed by atoms with Gasteiger partial charge in [0.1, 0.15) is 0 Å². The molecule has 1 saturated heterocycles. The Bertz CT molecular complexity index is 513. The van der Waals surface area contributed by atoms with E-state index in [2.05, 4.69) is 22.1 Å². The molecule has 1 unspecified atom stereocenters. The molecule has 0 aromatic carbocycles. The van der Waals surface area contributed by atoms with Gasteiger partial charge in [0, 0.05) is 31.0 Å². The van der Waals surface area contributed by atoms with Crippen LogP contribution >= 0.6 is 0 Å². The lowest BCUT2D eigenvalue weighted by molar-refractivity contribution is 0.0624. The zero-order valence-electron chi connectivity index (χ0n) is 11.3. The van der Waals surface area contributed by atoms with Crippen LogP contribution in [0.3, 0.4) is 0 Å². The van der Waals surface area contributed by atoms with E-state index in [1.165, 1.54) is 6.20 Å². The number of aromatic nitrogens is 1. The molecule has 0 aliphatic carbocycles. The average molecular weight is 274 g/mol. The fraction of sp³-hybridized carbons (Fsp3) is 0.467. The molecule has 5 heteroatoms. The summed E-state index contributed by atoms with van der Waals surface area (Å²) < 4.78 is 5.33. The minimum absolute atomic E-state index is 0.0300. The van der Waals surface area contributed by atoms with Crippen LogP contribution in [0.1, 0.15) is 35.2 Å². The number of carbonyl (C=O) groups excluding carboxylic acids is 1. The van der Waals surface area contributed by atoms with E-state index in [1.807, 2.05) is 0 Å². The van der Waals surface area contributed by atoms with Gasteiger partial charge in [0.2, 0.25) is 0 Å². The third-order valence-corrected chi connectivity index (χ3v) is 2.97. The van der Waals surface area contributed by atoms with Crippen molar-refractivity contribution in [2.24, 2.45) is 0 Å². The number of pyridine rings is 1. The molecule has 1 aliphatic rings. The molecule has 2 rings (SSSR count). The van der Waals surface area contributed by atoms with Gasteiger partial charge in [-0.3, -0.25) is 9.78 Å². The smallest absolute Gasteiger partial charge is 0.253 e. The molecule has 1 aromatic rings. The van der Waals surface area contributed by atoms with Gasteiger partial charge in [0.15, 0.2) is 0 Å². The van der Waals surface area contributed by atoms with Gasteiger partial charge in [-0.05, 0) is 18.9 Å². The summed E-state index contributed by atoms with van der Waals surface area (Å²) in [5.41, 5.74) is 1.16. The highest BCUT2D eigenvalue weighted by Gasteiger charge is 2.17. The van der Waals surface area contributed by atoms with E-state index in [0.717, 1.165) is 19.4 Å². The summed E-state index contributed by atoms with van der Waals surface area (Å²) in [4.78, 5) is 16.1. The van der Waals surface area contributed by atoms with Crippen LogP contribution in [-0.4, -0.2) is 41.9 Å². The SMILES string of the molecule is O=C(NC1CCCOC1)c1cncc(C#CCCO)c1. The lowest BCUT2D eigenvalue weighted by atomic mass is 10.1. The van der Waals surface area contributed by atoms with Crippen LogP contribution in [0, 0.1) is 11.8 Å². The highest BCUT2D eigenvalue weighted by Crippen LogP contribution is 2.08. The number of rotatable bonds is 3. The van der Waals surface area contributed by atoms with Gasteiger partial charge in [-0.1, -0.05) is 11.8 Å². The molecule has 2 N–H and O–H groups in total. The monoisotopic (exact) mass is 274 g/mol. The van der Waals surface area contributed by atoms with Crippen molar-refractivity contribution in [2.45, 2.75) is 25.3 Å². The average Bonchev–Trinajstić information content (AvgIpc) is 2.49. The molecule has 1 aromatic heterocycles. The number of nitrogens with one attached hydrogen (secondary N) is 1. The van der Waals surface area contributed by atoms with Crippen LogP contribution < -0.4 is 5.32 Å². The van der Waals surface area contributed by atoms with Crippen molar-refractivity contribution in [3.63, 3.8) is 0 Å². The summed E-state index contributed by atoms with van der Waals surface area (Å²) in [5.74, 6) is 5.52. The molecule has 106 valence electrons. The van der Waals surface area contributed by atoms with Crippen LogP contribution in [0.5, 0.6) is 0 Å². The number of carbonyl (C=O) groups is 1. The van der Waals surface area contributed by atoms with Crippen molar-refractivity contribution in [2.75, 3.05) is 19.8 Å². The largest absolute Gasteiger partial charge is 0.395 e. The highest BCUT2D eigenvalue weighted by atomic mass is 16.5. The summed E-state index contributed by atoms with van der Waals surface area (Å²) in [5, 5.41) is 11.6. The third kappa shape index (κ3) is 4.34. The van der Waals surface area contributed by atoms with E-state index < -0.39 is 0 Å². The molecule has 0 radical (unpaired) electrons. The molecular formula is C15H18N2O3. The van der Waals surface area contributed by atoms with E-state index in [1.54, 1.807) is 12.3 Å². The molecule has 5 nitrogen and oxygen atoms in total. The molecular weight excluding hydrogens is 256 g/mol. The van der Waals surface area contributed by atoms with Gasteiger partial charge in [0.25, 0.3) is 5.91 Å². The maximum Gasteiger partial charge on any atom is 0.253 e. The van der Waals surface area contributed by atoms with Crippen LogP contribution in [0.4, 0.5) is 0 Å². The molecule has 1 amide bonds. The molecule has 1 fully saturated rings. The Balaban J connectivity index is 1.99. The van der Waals surface area contributed by atoms with Gasteiger partial charge in [-0.15, -0.1) is 0 Å².